The highest BCUT2D eigenvalue weighted by molar-refractivity contribution is 9.10. The van der Waals surface area contributed by atoms with Crippen LogP contribution in [0.1, 0.15) is 0 Å². The van der Waals surface area contributed by atoms with Crippen molar-refractivity contribution in [2.24, 2.45) is 0 Å². The summed E-state index contributed by atoms with van der Waals surface area (Å²) in [6.07, 6.45) is 2.04. The fourth-order valence-corrected chi connectivity index (χ4v) is 3.28. The second kappa shape index (κ2) is 5.31. The molecule has 0 saturated heterocycles. The minimum absolute atomic E-state index is 0.881. The highest BCUT2D eigenvalue weighted by Gasteiger charge is 2.06. The van der Waals surface area contributed by atoms with E-state index in [0.717, 1.165) is 15.7 Å². The second-order valence-electron chi connectivity index (χ2n) is 4.12. The van der Waals surface area contributed by atoms with Gasteiger partial charge < -0.3 is 9.72 Å². The van der Waals surface area contributed by atoms with Crippen molar-refractivity contribution in [1.29, 1.82) is 0 Å². The SMILES string of the molecule is COc1cccc(Sc2c[nH]c3ccc(Br)cc23)c1. The second-order valence-corrected chi connectivity index (χ2v) is 6.15. The van der Waals surface area contributed by atoms with Gasteiger partial charge in [-0.2, -0.15) is 0 Å². The van der Waals surface area contributed by atoms with Gasteiger partial charge in [0.2, 0.25) is 0 Å². The molecule has 0 unspecified atom stereocenters. The Hall–Kier alpha value is -1.39. The number of aromatic nitrogens is 1. The summed E-state index contributed by atoms with van der Waals surface area (Å²) in [7, 11) is 1.69. The lowest BCUT2D eigenvalue weighted by Crippen LogP contribution is -1.81. The first-order valence-corrected chi connectivity index (χ1v) is 7.46. The van der Waals surface area contributed by atoms with Gasteiger partial charge in [-0.15, -0.1) is 0 Å². The summed E-state index contributed by atoms with van der Waals surface area (Å²) in [5, 5.41) is 1.22. The Kier molecular flexibility index (Phi) is 3.53. The molecule has 0 aliphatic carbocycles. The summed E-state index contributed by atoms with van der Waals surface area (Å²) in [5.41, 5.74) is 1.15. The van der Waals surface area contributed by atoms with Crippen molar-refractivity contribution in [3.63, 3.8) is 0 Å². The van der Waals surface area contributed by atoms with E-state index in [9.17, 15) is 0 Å². The molecular formula is C15H12BrNOS. The first-order valence-electron chi connectivity index (χ1n) is 5.85. The average molecular weight is 334 g/mol. The summed E-state index contributed by atoms with van der Waals surface area (Å²) < 4.78 is 6.34. The zero-order valence-electron chi connectivity index (χ0n) is 10.3. The van der Waals surface area contributed by atoms with Crippen LogP contribution in [-0.2, 0) is 0 Å². The molecule has 96 valence electrons. The zero-order valence-corrected chi connectivity index (χ0v) is 12.7. The van der Waals surface area contributed by atoms with Gasteiger partial charge in [-0.1, -0.05) is 33.8 Å². The number of hydrogen-bond donors (Lipinski definition) is 1. The third-order valence-corrected chi connectivity index (χ3v) is 4.42. The Morgan fingerprint density at radius 1 is 1.16 bits per heavy atom. The van der Waals surface area contributed by atoms with Crippen LogP contribution in [0.2, 0.25) is 0 Å². The molecule has 0 atom stereocenters. The summed E-state index contributed by atoms with van der Waals surface area (Å²) in [6, 6.07) is 14.3. The molecule has 3 aromatic rings. The van der Waals surface area contributed by atoms with Crippen molar-refractivity contribution in [3.05, 3.63) is 53.1 Å². The Morgan fingerprint density at radius 3 is 2.89 bits per heavy atom. The topological polar surface area (TPSA) is 25.0 Å². The zero-order chi connectivity index (χ0) is 13.2. The molecule has 0 bridgehead atoms. The van der Waals surface area contributed by atoms with E-state index < -0.39 is 0 Å². The van der Waals surface area contributed by atoms with Gasteiger partial charge in [-0.05, 0) is 36.4 Å². The molecule has 1 aromatic heterocycles. The van der Waals surface area contributed by atoms with Crippen LogP contribution in [0, 0.1) is 0 Å². The van der Waals surface area contributed by atoms with Crippen LogP contribution in [0.25, 0.3) is 10.9 Å². The van der Waals surface area contributed by atoms with Gasteiger partial charge in [0.05, 0.1) is 7.11 Å². The van der Waals surface area contributed by atoms with E-state index in [-0.39, 0.29) is 0 Å². The molecule has 0 aliphatic heterocycles. The standard InChI is InChI=1S/C15H12BrNOS/c1-18-11-3-2-4-12(8-11)19-15-9-17-14-6-5-10(16)7-13(14)15/h2-9,17H,1H3. The molecule has 0 spiro atoms. The van der Waals surface area contributed by atoms with Crippen molar-refractivity contribution in [3.8, 4) is 5.75 Å². The molecule has 1 N–H and O–H groups in total. The summed E-state index contributed by atoms with van der Waals surface area (Å²) in [4.78, 5) is 5.67. The highest BCUT2D eigenvalue weighted by atomic mass is 79.9. The molecule has 0 radical (unpaired) electrons. The van der Waals surface area contributed by atoms with Gasteiger partial charge in [0, 0.05) is 31.4 Å². The molecule has 0 aliphatic rings. The maximum Gasteiger partial charge on any atom is 0.119 e. The van der Waals surface area contributed by atoms with E-state index in [1.807, 2.05) is 30.5 Å². The van der Waals surface area contributed by atoms with Crippen LogP contribution >= 0.6 is 27.7 Å². The molecular weight excluding hydrogens is 322 g/mol. The van der Waals surface area contributed by atoms with Crippen molar-refractivity contribution in [2.45, 2.75) is 9.79 Å². The molecule has 0 amide bonds. The van der Waals surface area contributed by atoms with Crippen molar-refractivity contribution >= 4 is 38.6 Å². The van der Waals surface area contributed by atoms with E-state index in [2.05, 4.69) is 39.1 Å². The number of rotatable bonds is 3. The minimum atomic E-state index is 0.881. The van der Waals surface area contributed by atoms with Gasteiger partial charge in [0.15, 0.2) is 0 Å². The first kappa shape index (κ1) is 12.6. The van der Waals surface area contributed by atoms with Gasteiger partial charge in [-0.3, -0.25) is 0 Å². The number of ether oxygens (including phenoxy) is 1. The number of H-pyrrole nitrogens is 1. The minimum Gasteiger partial charge on any atom is -0.497 e. The van der Waals surface area contributed by atoms with Gasteiger partial charge >= 0.3 is 0 Å². The van der Waals surface area contributed by atoms with Crippen LogP contribution < -0.4 is 4.74 Å². The average Bonchev–Trinajstić information content (AvgIpc) is 2.81. The monoisotopic (exact) mass is 333 g/mol. The number of aromatic amines is 1. The number of hydrogen-bond acceptors (Lipinski definition) is 2. The van der Waals surface area contributed by atoms with Gasteiger partial charge in [0.25, 0.3) is 0 Å². The third kappa shape index (κ3) is 2.65. The van der Waals surface area contributed by atoms with Gasteiger partial charge in [-0.25, -0.2) is 0 Å². The molecule has 0 fully saturated rings. The number of nitrogens with one attached hydrogen (secondary N) is 1. The van der Waals surface area contributed by atoms with E-state index >= 15 is 0 Å². The highest BCUT2D eigenvalue weighted by Crippen LogP contribution is 2.35. The Bertz CT molecular complexity index is 723. The maximum atomic E-state index is 5.25. The fraction of sp³-hybridized carbons (Fsp3) is 0.0667. The Morgan fingerprint density at radius 2 is 2.05 bits per heavy atom. The molecule has 2 aromatic carbocycles. The van der Waals surface area contributed by atoms with Crippen molar-refractivity contribution < 1.29 is 4.74 Å². The normalized spacial score (nSPS) is 10.8. The van der Waals surface area contributed by atoms with Crippen molar-refractivity contribution in [2.75, 3.05) is 7.11 Å². The summed E-state index contributed by atoms with van der Waals surface area (Å²) in [5.74, 6) is 0.881. The van der Waals surface area contributed by atoms with E-state index in [1.165, 1.54) is 15.2 Å². The summed E-state index contributed by atoms with van der Waals surface area (Å²) in [6.45, 7) is 0. The van der Waals surface area contributed by atoms with Gasteiger partial charge in [0.1, 0.15) is 5.75 Å². The van der Waals surface area contributed by atoms with Crippen LogP contribution in [-0.4, -0.2) is 12.1 Å². The number of fused-ring (bicyclic) bond motifs is 1. The molecule has 0 saturated carbocycles. The van der Waals surface area contributed by atoms with E-state index in [0.29, 0.717) is 0 Å². The van der Waals surface area contributed by atoms with Crippen molar-refractivity contribution in [1.82, 2.24) is 4.98 Å². The number of benzene rings is 2. The third-order valence-electron chi connectivity index (χ3n) is 2.87. The smallest absolute Gasteiger partial charge is 0.119 e. The van der Waals surface area contributed by atoms with E-state index in [4.69, 9.17) is 4.74 Å². The molecule has 3 rings (SSSR count). The quantitative estimate of drug-likeness (QED) is 0.722. The molecule has 2 nitrogen and oxygen atoms in total. The van der Waals surface area contributed by atoms with Crippen LogP contribution in [0.15, 0.2) is 62.9 Å². The van der Waals surface area contributed by atoms with Crippen LogP contribution in [0.5, 0.6) is 5.75 Å². The predicted molar refractivity (Wildman–Crippen MR) is 83.1 cm³/mol. The maximum absolute atomic E-state index is 5.25. The Balaban J connectivity index is 1.98. The van der Waals surface area contributed by atoms with Crippen LogP contribution in [0.3, 0.4) is 0 Å². The number of methoxy groups -OCH3 is 1. The Labute approximate surface area is 124 Å². The molecule has 19 heavy (non-hydrogen) atoms. The lowest BCUT2D eigenvalue weighted by molar-refractivity contribution is 0.413. The summed E-state index contributed by atoms with van der Waals surface area (Å²) >= 11 is 5.25. The predicted octanol–water partition coefficient (Wildman–Crippen LogP) is 5.09. The van der Waals surface area contributed by atoms with E-state index in [1.54, 1.807) is 18.9 Å². The largest absolute Gasteiger partial charge is 0.497 e. The lowest BCUT2D eigenvalue weighted by Gasteiger charge is -2.03. The fourth-order valence-electron chi connectivity index (χ4n) is 1.94. The number of halogens is 1. The lowest BCUT2D eigenvalue weighted by atomic mass is 10.2. The molecule has 4 heteroatoms. The molecule has 1 heterocycles. The van der Waals surface area contributed by atoms with Crippen LogP contribution in [0.4, 0.5) is 0 Å². The first-order chi connectivity index (χ1) is 9.26.